The van der Waals surface area contributed by atoms with Gasteiger partial charge in [0.15, 0.2) is 5.03 Å². The van der Waals surface area contributed by atoms with E-state index in [4.69, 9.17) is 0 Å². The van der Waals surface area contributed by atoms with Crippen LogP contribution in [-0.4, -0.2) is 45.1 Å². The molecule has 36 heavy (non-hydrogen) atoms. The molecular formula is C25H26N6O4S. The summed E-state index contributed by atoms with van der Waals surface area (Å²) in [5, 5.41) is 20.5. The average molecular weight is 507 g/mol. The average Bonchev–Trinajstić information content (AvgIpc) is 3.56. The third-order valence-corrected chi connectivity index (χ3v) is 8.30. The number of amides is 2. The number of urea groups is 1. The molecule has 3 heterocycles. The zero-order valence-electron chi connectivity index (χ0n) is 19.7. The summed E-state index contributed by atoms with van der Waals surface area (Å²) in [4.78, 5) is 13.0. The lowest BCUT2D eigenvalue weighted by Crippen LogP contribution is -2.35. The Bertz CT molecular complexity index is 1600. The molecule has 3 aromatic heterocycles. The van der Waals surface area contributed by atoms with Gasteiger partial charge in [-0.2, -0.15) is 18.6 Å². The molecule has 1 saturated carbocycles. The van der Waals surface area contributed by atoms with Gasteiger partial charge in [-0.15, -0.1) is 0 Å². The second kappa shape index (κ2) is 8.45. The van der Waals surface area contributed by atoms with Crippen molar-refractivity contribution in [2.24, 2.45) is 0 Å². The van der Waals surface area contributed by atoms with Gasteiger partial charge in [0.1, 0.15) is 0 Å². The molecule has 1 aromatic carbocycles. The van der Waals surface area contributed by atoms with Crippen molar-refractivity contribution in [3.05, 3.63) is 65.6 Å². The van der Waals surface area contributed by atoms with Crippen molar-refractivity contribution >= 4 is 27.3 Å². The van der Waals surface area contributed by atoms with Crippen molar-refractivity contribution in [2.75, 3.05) is 5.32 Å². The molecule has 0 atom stereocenters. The molecule has 11 heteroatoms. The molecule has 0 unspecified atom stereocenters. The Kier molecular flexibility index (Phi) is 5.34. The van der Waals surface area contributed by atoms with Crippen LogP contribution in [0.3, 0.4) is 0 Å². The fourth-order valence-electron chi connectivity index (χ4n) is 5.24. The van der Waals surface area contributed by atoms with Crippen LogP contribution in [-0.2, 0) is 22.9 Å². The summed E-state index contributed by atoms with van der Waals surface area (Å²) in [7, 11) is -4.18. The number of hydrogen-bond acceptors (Lipinski definition) is 6. The molecular weight excluding hydrogens is 480 g/mol. The summed E-state index contributed by atoms with van der Waals surface area (Å²) in [5.41, 5.74) is 6.52. The van der Waals surface area contributed by atoms with Crippen molar-refractivity contribution in [1.82, 2.24) is 24.1 Å². The standard InChI is InChI=1S/C25H26N6O4S/c1-15-11-16-3-2-4-21(16)24(23(15)17-6-9-30-18(12-17)5-8-26-30)27-25(33)29-36(34,35)22-7-10-31(28-22)19-13-20(32)14-19/h5-12,19-20,32H,2-4,13-14H2,1H3,(H2,27,29,33). The summed E-state index contributed by atoms with van der Waals surface area (Å²) in [6.45, 7) is 2.00. The maximum Gasteiger partial charge on any atom is 0.333 e. The van der Waals surface area contributed by atoms with E-state index in [1.807, 2.05) is 31.3 Å². The van der Waals surface area contributed by atoms with Gasteiger partial charge in [0.05, 0.1) is 23.3 Å². The van der Waals surface area contributed by atoms with E-state index >= 15 is 0 Å². The third kappa shape index (κ3) is 3.94. The first-order chi connectivity index (χ1) is 17.3. The molecule has 0 spiro atoms. The van der Waals surface area contributed by atoms with Gasteiger partial charge in [-0.1, -0.05) is 6.07 Å². The van der Waals surface area contributed by atoms with Crippen molar-refractivity contribution < 1.29 is 18.3 Å². The zero-order chi connectivity index (χ0) is 25.0. The summed E-state index contributed by atoms with van der Waals surface area (Å²) < 4.78 is 31.2. The Morgan fingerprint density at radius 3 is 2.78 bits per heavy atom. The van der Waals surface area contributed by atoms with Crippen LogP contribution < -0.4 is 10.0 Å². The summed E-state index contributed by atoms with van der Waals surface area (Å²) in [5.74, 6) is 0. The Hall–Kier alpha value is -3.70. The minimum absolute atomic E-state index is 0.0386. The van der Waals surface area contributed by atoms with Gasteiger partial charge in [-0.25, -0.2) is 14.0 Å². The van der Waals surface area contributed by atoms with Gasteiger partial charge in [0.2, 0.25) is 0 Å². The number of benzene rings is 1. The van der Waals surface area contributed by atoms with E-state index in [1.165, 1.54) is 16.3 Å². The van der Waals surface area contributed by atoms with Gasteiger partial charge < -0.3 is 10.4 Å². The Morgan fingerprint density at radius 1 is 1.14 bits per heavy atom. The van der Waals surface area contributed by atoms with E-state index < -0.39 is 16.1 Å². The largest absolute Gasteiger partial charge is 0.393 e. The fourth-order valence-corrected chi connectivity index (χ4v) is 6.08. The quantitative estimate of drug-likeness (QED) is 0.381. The Balaban J connectivity index is 1.30. The number of fused-ring (bicyclic) bond motifs is 2. The normalized spacial score (nSPS) is 19.2. The molecule has 0 bridgehead atoms. The number of hydrogen-bond donors (Lipinski definition) is 3. The van der Waals surface area contributed by atoms with E-state index in [2.05, 4.69) is 26.3 Å². The van der Waals surface area contributed by atoms with E-state index in [1.54, 1.807) is 16.9 Å². The second-order valence-electron chi connectivity index (χ2n) is 9.52. The number of nitrogens with zero attached hydrogens (tertiary/aromatic N) is 4. The number of anilines is 1. The smallest absolute Gasteiger partial charge is 0.333 e. The molecule has 0 aliphatic heterocycles. The topological polar surface area (TPSA) is 131 Å². The number of rotatable bonds is 5. The van der Waals surface area contributed by atoms with Crippen LogP contribution >= 0.6 is 0 Å². The van der Waals surface area contributed by atoms with Crippen LogP contribution in [0.25, 0.3) is 16.6 Å². The fraction of sp³-hybridized carbons (Fsp3) is 0.320. The molecule has 0 radical (unpaired) electrons. The molecule has 1 fully saturated rings. The van der Waals surface area contributed by atoms with E-state index in [0.717, 1.165) is 47.0 Å². The first-order valence-electron chi connectivity index (χ1n) is 11.9. The highest BCUT2D eigenvalue weighted by Gasteiger charge is 2.31. The minimum atomic E-state index is -4.18. The van der Waals surface area contributed by atoms with E-state index in [0.29, 0.717) is 18.5 Å². The zero-order valence-corrected chi connectivity index (χ0v) is 20.5. The monoisotopic (exact) mass is 506 g/mol. The molecule has 2 aliphatic carbocycles. The third-order valence-electron chi connectivity index (χ3n) is 7.07. The van der Waals surface area contributed by atoms with Crippen LogP contribution in [0.15, 0.2) is 53.9 Å². The van der Waals surface area contributed by atoms with Gasteiger partial charge in [-0.3, -0.25) is 4.68 Å². The molecule has 6 rings (SSSR count). The molecule has 2 aliphatic rings. The van der Waals surface area contributed by atoms with Crippen molar-refractivity contribution in [3.63, 3.8) is 0 Å². The number of aliphatic hydroxyl groups is 1. The molecule has 10 nitrogen and oxygen atoms in total. The number of carbonyl (C=O) groups excluding carboxylic acids is 1. The molecule has 0 saturated heterocycles. The van der Waals surface area contributed by atoms with E-state index in [9.17, 15) is 18.3 Å². The van der Waals surface area contributed by atoms with Gasteiger partial charge in [-0.05, 0) is 85.5 Å². The predicted octanol–water partition coefficient (Wildman–Crippen LogP) is 3.20. The highest BCUT2D eigenvalue weighted by atomic mass is 32.2. The van der Waals surface area contributed by atoms with Crippen molar-refractivity contribution in [1.29, 1.82) is 0 Å². The second-order valence-corrected chi connectivity index (χ2v) is 11.2. The van der Waals surface area contributed by atoms with E-state index in [-0.39, 0.29) is 17.2 Å². The number of carbonyl (C=O) groups is 1. The first-order valence-corrected chi connectivity index (χ1v) is 13.4. The molecule has 4 aromatic rings. The number of pyridine rings is 1. The van der Waals surface area contributed by atoms with Gasteiger partial charge >= 0.3 is 6.03 Å². The summed E-state index contributed by atoms with van der Waals surface area (Å²) in [6.07, 6.45) is 8.51. The maximum absolute atomic E-state index is 13.0. The first kappa shape index (κ1) is 22.7. The summed E-state index contributed by atoms with van der Waals surface area (Å²) >= 11 is 0. The lowest BCUT2D eigenvalue weighted by molar-refractivity contribution is 0.0429. The summed E-state index contributed by atoms with van der Waals surface area (Å²) in [6, 6.07) is 8.48. The van der Waals surface area contributed by atoms with Crippen LogP contribution in [0.1, 0.15) is 42.0 Å². The highest BCUT2D eigenvalue weighted by Crippen LogP contribution is 2.40. The lowest BCUT2D eigenvalue weighted by Gasteiger charge is -2.31. The highest BCUT2D eigenvalue weighted by molar-refractivity contribution is 7.90. The Morgan fingerprint density at radius 2 is 1.97 bits per heavy atom. The molecule has 3 N–H and O–H groups in total. The van der Waals surface area contributed by atoms with Gasteiger partial charge in [0, 0.05) is 24.2 Å². The van der Waals surface area contributed by atoms with Crippen LogP contribution in [0.4, 0.5) is 10.5 Å². The number of nitrogens with one attached hydrogen (secondary N) is 2. The number of sulfonamides is 1. The van der Waals surface area contributed by atoms with Crippen molar-refractivity contribution in [2.45, 2.75) is 56.2 Å². The maximum atomic E-state index is 13.0. The minimum Gasteiger partial charge on any atom is -0.393 e. The predicted molar refractivity (Wildman–Crippen MR) is 133 cm³/mol. The Labute approximate surface area is 208 Å². The number of aryl methyl sites for hydroxylation is 2. The lowest BCUT2D eigenvalue weighted by atomic mass is 9.90. The van der Waals surface area contributed by atoms with Crippen molar-refractivity contribution in [3.8, 4) is 11.1 Å². The number of aliphatic hydroxyl groups excluding tert-OH is 1. The molecule has 2 amide bonds. The molecule has 186 valence electrons. The van der Waals surface area contributed by atoms with Crippen LogP contribution in [0.5, 0.6) is 0 Å². The SMILES string of the molecule is Cc1cc2c(c(NC(=O)NS(=O)(=O)c3ccn(C4CC(O)C4)n3)c1-c1ccn3nccc3c1)CCC2. The van der Waals surface area contributed by atoms with Crippen LogP contribution in [0.2, 0.25) is 0 Å². The van der Waals surface area contributed by atoms with Crippen LogP contribution in [0, 0.1) is 6.92 Å². The number of aromatic nitrogens is 4. The van der Waals surface area contributed by atoms with Gasteiger partial charge in [0.25, 0.3) is 10.0 Å².